The van der Waals surface area contributed by atoms with Gasteiger partial charge in [0, 0.05) is 23.5 Å². The number of likely N-dealkylation sites (tertiary alicyclic amines) is 1. The monoisotopic (exact) mass is 341 g/mol. The van der Waals surface area contributed by atoms with Crippen LogP contribution in [-0.4, -0.2) is 32.8 Å². The Morgan fingerprint density at radius 1 is 1.33 bits per heavy atom. The predicted molar refractivity (Wildman–Crippen MR) is 92.6 cm³/mol. The molecule has 5 nitrogen and oxygen atoms in total. The first-order valence-corrected chi connectivity index (χ1v) is 8.92. The summed E-state index contributed by atoms with van der Waals surface area (Å²) in [5.41, 5.74) is 2.11. The molecule has 1 aliphatic heterocycles. The summed E-state index contributed by atoms with van der Waals surface area (Å²) < 4.78 is 5.53. The zero-order valence-electron chi connectivity index (χ0n) is 13.4. The number of nitrogens with zero attached hydrogens (tertiary/aromatic N) is 3. The van der Waals surface area contributed by atoms with Crippen molar-refractivity contribution in [1.82, 2.24) is 15.0 Å². The third kappa shape index (κ3) is 3.13. The number of β-amino-alcohol motifs (C(OH)–C–C–N with tert-alkyl or cyclic N) is 1. The van der Waals surface area contributed by atoms with Crippen molar-refractivity contribution >= 4 is 11.3 Å². The maximum absolute atomic E-state index is 10.1. The molecule has 2 atom stereocenters. The van der Waals surface area contributed by atoms with Crippen LogP contribution in [0.2, 0.25) is 0 Å². The number of hydrogen-bond donors (Lipinski definition) is 1. The third-order valence-electron chi connectivity index (χ3n) is 4.32. The molecule has 0 saturated carbocycles. The summed E-state index contributed by atoms with van der Waals surface area (Å²) in [6, 6.07) is 12.2. The Morgan fingerprint density at radius 2 is 2.25 bits per heavy atom. The Bertz CT molecular complexity index is 815. The van der Waals surface area contributed by atoms with Crippen LogP contribution < -0.4 is 0 Å². The lowest BCUT2D eigenvalue weighted by Gasteiger charge is -2.20. The number of hydrogen-bond acceptors (Lipinski definition) is 6. The summed E-state index contributed by atoms with van der Waals surface area (Å²) >= 11 is 1.72. The van der Waals surface area contributed by atoms with Gasteiger partial charge in [0.05, 0.1) is 12.1 Å². The molecule has 1 aromatic carbocycles. The molecule has 1 saturated heterocycles. The molecule has 4 rings (SSSR count). The molecule has 0 aliphatic carbocycles. The van der Waals surface area contributed by atoms with Crippen LogP contribution in [0.25, 0.3) is 11.4 Å². The van der Waals surface area contributed by atoms with Crippen LogP contribution in [0.5, 0.6) is 0 Å². The lowest BCUT2D eigenvalue weighted by atomic mass is 10.1. The summed E-state index contributed by atoms with van der Waals surface area (Å²) in [6.07, 6.45) is 0.269. The van der Waals surface area contributed by atoms with Crippen LogP contribution in [0.3, 0.4) is 0 Å². The number of aryl methyl sites for hydroxylation is 1. The number of benzene rings is 1. The first-order chi connectivity index (χ1) is 11.7. The molecule has 0 radical (unpaired) electrons. The molecule has 0 spiro atoms. The van der Waals surface area contributed by atoms with Crippen molar-refractivity contribution in [2.75, 3.05) is 6.54 Å². The van der Waals surface area contributed by atoms with E-state index in [9.17, 15) is 5.11 Å². The lowest BCUT2D eigenvalue weighted by molar-refractivity contribution is 0.170. The zero-order chi connectivity index (χ0) is 16.5. The minimum Gasteiger partial charge on any atom is -0.392 e. The van der Waals surface area contributed by atoms with E-state index in [2.05, 4.69) is 26.5 Å². The van der Waals surface area contributed by atoms with Gasteiger partial charge < -0.3 is 9.63 Å². The van der Waals surface area contributed by atoms with Crippen molar-refractivity contribution in [3.63, 3.8) is 0 Å². The Morgan fingerprint density at radius 3 is 3.04 bits per heavy atom. The van der Waals surface area contributed by atoms with Gasteiger partial charge in [0.15, 0.2) is 0 Å². The van der Waals surface area contributed by atoms with Gasteiger partial charge in [-0.3, -0.25) is 4.90 Å². The number of aromatic nitrogens is 2. The third-order valence-corrected chi connectivity index (χ3v) is 5.18. The highest BCUT2D eigenvalue weighted by Gasteiger charge is 2.36. The molecule has 0 amide bonds. The molecule has 1 N–H and O–H groups in total. The number of rotatable bonds is 4. The molecule has 2 aromatic heterocycles. The Labute approximate surface area is 144 Å². The Kier molecular flexibility index (Phi) is 4.18. The maximum atomic E-state index is 10.1. The standard InChI is InChI=1S/C18H19N3O2S/c1-12-4-2-5-13(8-12)17-19-18(23-20-17)16-9-14(22)10-21(16)11-15-6-3-7-24-15/h2-8,14,16,22H,9-11H2,1H3. The summed E-state index contributed by atoms with van der Waals surface area (Å²) in [6.45, 7) is 3.47. The van der Waals surface area contributed by atoms with Gasteiger partial charge in [-0.2, -0.15) is 4.98 Å². The van der Waals surface area contributed by atoms with E-state index in [-0.39, 0.29) is 12.1 Å². The van der Waals surface area contributed by atoms with E-state index in [4.69, 9.17) is 4.52 Å². The van der Waals surface area contributed by atoms with E-state index < -0.39 is 0 Å². The van der Waals surface area contributed by atoms with Gasteiger partial charge in [-0.05, 0) is 30.9 Å². The van der Waals surface area contributed by atoms with E-state index in [1.807, 2.05) is 37.3 Å². The van der Waals surface area contributed by atoms with Crippen molar-refractivity contribution in [2.24, 2.45) is 0 Å². The normalized spacial score (nSPS) is 21.4. The molecule has 124 valence electrons. The fraction of sp³-hybridized carbons (Fsp3) is 0.333. The quantitative estimate of drug-likeness (QED) is 0.788. The molecule has 24 heavy (non-hydrogen) atoms. The maximum Gasteiger partial charge on any atom is 0.244 e. The first kappa shape index (κ1) is 15.5. The van der Waals surface area contributed by atoms with E-state index in [1.54, 1.807) is 11.3 Å². The van der Waals surface area contributed by atoms with Crippen LogP contribution in [0, 0.1) is 6.92 Å². The molecule has 0 bridgehead atoms. The lowest BCUT2D eigenvalue weighted by Crippen LogP contribution is -2.24. The molecule has 2 unspecified atom stereocenters. The van der Waals surface area contributed by atoms with Gasteiger partial charge in [0.25, 0.3) is 0 Å². The summed E-state index contributed by atoms with van der Waals surface area (Å²) in [5.74, 6) is 1.19. The second kappa shape index (κ2) is 6.47. The van der Waals surface area contributed by atoms with E-state index in [0.29, 0.717) is 24.7 Å². The van der Waals surface area contributed by atoms with Gasteiger partial charge in [-0.25, -0.2) is 0 Å². The number of thiophene rings is 1. The van der Waals surface area contributed by atoms with Gasteiger partial charge in [0.1, 0.15) is 0 Å². The predicted octanol–water partition coefficient (Wildman–Crippen LogP) is 3.41. The molecule has 6 heteroatoms. The van der Waals surface area contributed by atoms with Crippen molar-refractivity contribution in [2.45, 2.75) is 32.0 Å². The molecular weight excluding hydrogens is 322 g/mol. The van der Waals surface area contributed by atoms with Crippen molar-refractivity contribution in [1.29, 1.82) is 0 Å². The van der Waals surface area contributed by atoms with Gasteiger partial charge in [-0.15, -0.1) is 11.3 Å². The fourth-order valence-electron chi connectivity index (χ4n) is 3.19. The largest absolute Gasteiger partial charge is 0.392 e. The first-order valence-electron chi connectivity index (χ1n) is 8.04. The SMILES string of the molecule is Cc1cccc(-c2noc(C3CC(O)CN3Cc3cccs3)n2)c1. The molecule has 3 aromatic rings. The van der Waals surface area contributed by atoms with E-state index in [1.165, 1.54) is 4.88 Å². The molecular formula is C18H19N3O2S. The number of aliphatic hydroxyl groups is 1. The topological polar surface area (TPSA) is 62.4 Å². The Balaban J connectivity index is 1.58. The van der Waals surface area contributed by atoms with Gasteiger partial charge >= 0.3 is 0 Å². The van der Waals surface area contributed by atoms with Crippen LogP contribution in [0.4, 0.5) is 0 Å². The van der Waals surface area contributed by atoms with Crippen LogP contribution in [-0.2, 0) is 6.54 Å². The fourth-order valence-corrected chi connectivity index (χ4v) is 3.92. The van der Waals surface area contributed by atoms with Crippen LogP contribution in [0.1, 0.15) is 28.8 Å². The van der Waals surface area contributed by atoms with Gasteiger partial charge in [-0.1, -0.05) is 35.0 Å². The van der Waals surface area contributed by atoms with Crippen molar-refractivity contribution in [3.05, 3.63) is 58.1 Å². The molecule has 1 aliphatic rings. The van der Waals surface area contributed by atoms with Crippen molar-refractivity contribution < 1.29 is 9.63 Å². The second-order valence-corrected chi connectivity index (χ2v) is 7.27. The van der Waals surface area contributed by atoms with Gasteiger partial charge in [0.2, 0.25) is 11.7 Å². The minimum atomic E-state index is -0.357. The highest BCUT2D eigenvalue weighted by Crippen LogP contribution is 2.34. The molecule has 1 fully saturated rings. The van der Waals surface area contributed by atoms with E-state index in [0.717, 1.165) is 17.7 Å². The second-order valence-electron chi connectivity index (χ2n) is 6.24. The highest BCUT2D eigenvalue weighted by molar-refractivity contribution is 7.09. The van der Waals surface area contributed by atoms with Crippen molar-refractivity contribution in [3.8, 4) is 11.4 Å². The summed E-state index contributed by atoms with van der Waals surface area (Å²) in [4.78, 5) is 8.07. The summed E-state index contributed by atoms with van der Waals surface area (Å²) in [5, 5.41) is 16.3. The average Bonchev–Trinajstić information content (AvgIpc) is 3.29. The Hall–Kier alpha value is -2.02. The minimum absolute atomic E-state index is 0.0341. The zero-order valence-corrected chi connectivity index (χ0v) is 14.2. The van der Waals surface area contributed by atoms with Crippen LogP contribution >= 0.6 is 11.3 Å². The molecule has 3 heterocycles. The van der Waals surface area contributed by atoms with E-state index >= 15 is 0 Å². The summed E-state index contributed by atoms with van der Waals surface area (Å²) in [7, 11) is 0. The highest BCUT2D eigenvalue weighted by atomic mass is 32.1. The smallest absolute Gasteiger partial charge is 0.244 e. The van der Waals surface area contributed by atoms with Crippen LogP contribution in [0.15, 0.2) is 46.3 Å². The number of aliphatic hydroxyl groups excluding tert-OH is 1. The average molecular weight is 341 g/mol.